The molecule has 0 spiro atoms. The number of carbonyl (C=O) groups excluding carboxylic acids is 2. The fourth-order valence-corrected chi connectivity index (χ4v) is 6.69. The van der Waals surface area contributed by atoms with Gasteiger partial charge in [0, 0.05) is 28.8 Å². The summed E-state index contributed by atoms with van der Waals surface area (Å²) in [5.41, 5.74) is 0.513. The number of aliphatic carboxylic acids is 1. The predicted molar refractivity (Wildman–Crippen MR) is 126 cm³/mol. The summed E-state index contributed by atoms with van der Waals surface area (Å²) in [5, 5.41) is 26.5. The molecule has 1 unspecified atom stereocenters. The van der Waals surface area contributed by atoms with Crippen molar-refractivity contribution in [1.82, 2.24) is 34.9 Å². The molecule has 0 aromatic carbocycles. The Morgan fingerprint density at radius 1 is 1.32 bits per heavy atom. The molecule has 3 aromatic heterocycles. The van der Waals surface area contributed by atoms with Gasteiger partial charge < -0.3 is 16.3 Å². The molecule has 2 aliphatic rings. The predicted octanol–water partition coefficient (Wildman–Crippen LogP) is 0.313. The summed E-state index contributed by atoms with van der Waals surface area (Å²) >= 11 is 4.10. The number of nitrogen functional groups attached to an aromatic ring is 1. The third kappa shape index (κ3) is 4.05. The second-order valence-electron chi connectivity index (χ2n) is 7.36. The van der Waals surface area contributed by atoms with E-state index in [9.17, 15) is 19.5 Å². The van der Waals surface area contributed by atoms with Gasteiger partial charge in [0.15, 0.2) is 0 Å². The molecule has 0 bridgehead atoms. The van der Waals surface area contributed by atoms with Crippen molar-refractivity contribution >= 4 is 52.6 Å². The molecule has 1 saturated heterocycles. The summed E-state index contributed by atoms with van der Waals surface area (Å²) in [6.45, 7) is 0. The number of carboxylic acid groups (broad SMARTS) is 1. The number of carbonyl (C=O) groups is 3. The zero-order valence-corrected chi connectivity index (χ0v) is 19.8. The number of fused-ring (bicyclic) bond motifs is 1. The van der Waals surface area contributed by atoms with Crippen LogP contribution in [0.25, 0.3) is 5.95 Å². The Morgan fingerprint density at radius 3 is 2.88 bits per heavy atom. The molecule has 12 nitrogen and oxygen atoms in total. The summed E-state index contributed by atoms with van der Waals surface area (Å²) in [6.07, 6.45) is 3.45. The van der Waals surface area contributed by atoms with Crippen molar-refractivity contribution in [2.24, 2.45) is 0 Å². The average molecular weight is 519 g/mol. The van der Waals surface area contributed by atoms with E-state index in [1.165, 1.54) is 49.1 Å². The Kier molecular flexibility index (Phi) is 6.05. The first-order valence-electron chi connectivity index (χ1n) is 9.99. The summed E-state index contributed by atoms with van der Waals surface area (Å²) < 4.78 is 2.73. The maximum Gasteiger partial charge on any atom is 0.352 e. The van der Waals surface area contributed by atoms with Gasteiger partial charge in [0.05, 0.1) is 6.42 Å². The first-order valence-corrected chi connectivity index (χ1v) is 12.9. The van der Waals surface area contributed by atoms with E-state index < -0.39 is 23.3 Å². The van der Waals surface area contributed by atoms with Gasteiger partial charge in [-0.05, 0) is 23.1 Å². The van der Waals surface area contributed by atoms with E-state index in [1.807, 2.05) is 17.5 Å². The maximum atomic E-state index is 12.8. The van der Waals surface area contributed by atoms with Crippen molar-refractivity contribution in [2.75, 3.05) is 17.3 Å². The molecule has 15 heteroatoms. The molecular weight excluding hydrogens is 500 g/mol. The number of nitrogens with one attached hydrogen (secondary N) is 1. The Labute approximate surface area is 205 Å². The van der Waals surface area contributed by atoms with E-state index in [-0.39, 0.29) is 23.8 Å². The first-order chi connectivity index (χ1) is 16.4. The van der Waals surface area contributed by atoms with E-state index >= 15 is 0 Å². The number of amides is 2. The molecule has 0 aliphatic carbocycles. The summed E-state index contributed by atoms with van der Waals surface area (Å²) in [6, 6.07) is 4.69. The van der Waals surface area contributed by atoms with Gasteiger partial charge in [0.1, 0.15) is 17.1 Å². The van der Waals surface area contributed by atoms with Crippen molar-refractivity contribution in [2.45, 2.75) is 23.0 Å². The van der Waals surface area contributed by atoms with Crippen LogP contribution in [-0.4, -0.2) is 75.4 Å². The number of aromatic nitrogens is 5. The van der Waals surface area contributed by atoms with Crippen LogP contribution in [-0.2, 0) is 20.8 Å². The van der Waals surface area contributed by atoms with Crippen LogP contribution < -0.4 is 11.2 Å². The minimum Gasteiger partial charge on any atom is -0.477 e. The lowest BCUT2D eigenvalue weighted by Crippen LogP contribution is -2.70. The highest BCUT2D eigenvalue weighted by atomic mass is 32.2. The number of thiophene rings is 1. The fourth-order valence-electron chi connectivity index (χ4n) is 3.65. The summed E-state index contributed by atoms with van der Waals surface area (Å²) in [7, 11) is 0. The van der Waals surface area contributed by atoms with E-state index in [1.54, 1.807) is 18.5 Å². The summed E-state index contributed by atoms with van der Waals surface area (Å²) in [5.74, 6) is 5.15. The average Bonchev–Trinajstić information content (AvgIpc) is 3.58. The van der Waals surface area contributed by atoms with Gasteiger partial charge in [-0.3, -0.25) is 14.5 Å². The number of nitrogens with zero attached hydrogens (tertiary/aromatic N) is 6. The van der Waals surface area contributed by atoms with Crippen LogP contribution in [0.5, 0.6) is 0 Å². The minimum absolute atomic E-state index is 0.0552. The number of thioether (sulfide) groups is 2. The van der Waals surface area contributed by atoms with Crippen LogP contribution in [0.1, 0.15) is 4.88 Å². The highest BCUT2D eigenvalue weighted by Gasteiger charge is 2.54. The third-order valence-corrected chi connectivity index (χ3v) is 8.46. The second-order valence-corrected chi connectivity index (χ2v) is 10.4. The molecule has 5 heterocycles. The molecule has 0 saturated carbocycles. The zero-order chi connectivity index (χ0) is 23.8. The molecule has 2 atom stereocenters. The van der Waals surface area contributed by atoms with Crippen LogP contribution in [0.15, 0.2) is 52.4 Å². The van der Waals surface area contributed by atoms with E-state index in [2.05, 4.69) is 20.6 Å². The van der Waals surface area contributed by atoms with Crippen molar-refractivity contribution in [3.63, 3.8) is 0 Å². The maximum absolute atomic E-state index is 12.8. The minimum atomic E-state index is -1.19. The monoisotopic (exact) mass is 518 g/mol. The van der Waals surface area contributed by atoms with Crippen LogP contribution in [0.3, 0.4) is 0 Å². The molecule has 4 N–H and O–H groups in total. The molecule has 5 rings (SSSR count). The van der Waals surface area contributed by atoms with E-state index in [0.717, 1.165) is 4.88 Å². The lowest BCUT2D eigenvalue weighted by molar-refractivity contribution is -0.150. The number of carboxylic acids is 1. The van der Waals surface area contributed by atoms with Gasteiger partial charge in [-0.15, -0.1) is 33.3 Å². The van der Waals surface area contributed by atoms with Gasteiger partial charge in [-0.2, -0.15) is 5.10 Å². The van der Waals surface area contributed by atoms with Crippen molar-refractivity contribution in [3.8, 4) is 5.95 Å². The van der Waals surface area contributed by atoms with Crippen LogP contribution in [0.4, 0.5) is 0 Å². The Balaban J connectivity index is 1.27. The molecule has 2 amide bonds. The van der Waals surface area contributed by atoms with Crippen molar-refractivity contribution in [1.29, 1.82) is 0 Å². The van der Waals surface area contributed by atoms with Gasteiger partial charge >= 0.3 is 5.97 Å². The lowest BCUT2D eigenvalue weighted by Gasteiger charge is -2.49. The van der Waals surface area contributed by atoms with Gasteiger partial charge in [-0.1, -0.05) is 17.8 Å². The molecule has 2 aliphatic heterocycles. The lowest BCUT2D eigenvalue weighted by atomic mass is 10.0. The third-order valence-electron chi connectivity index (χ3n) is 5.21. The standard InChI is InChI=1S/C19H18N8O4S3/c20-27-18(25-5-2-4-21-25)23-24-19(27)34-9-10-8-33-16-13(15(29)26(16)14(10)17(30)31)22-12(28)7-11-3-1-6-32-11/h1-6,13,16H,7-9,20H2,(H,22,28)(H,30,31)/t13?,16-/m0/s1. The van der Waals surface area contributed by atoms with E-state index in [0.29, 0.717) is 22.4 Å². The van der Waals surface area contributed by atoms with Crippen LogP contribution in [0.2, 0.25) is 0 Å². The highest BCUT2D eigenvalue weighted by molar-refractivity contribution is 8.01. The smallest absolute Gasteiger partial charge is 0.352 e. The normalized spacial score (nSPS) is 19.6. The SMILES string of the molecule is Nn1c(SCC2=C(C(=O)O)N3C(=O)C(NC(=O)Cc4cccs4)[C@@H]3SC2)nnc1-n1cccn1. The zero-order valence-electron chi connectivity index (χ0n) is 17.4. The Bertz CT molecular complexity index is 1270. The van der Waals surface area contributed by atoms with Gasteiger partial charge in [-0.25, -0.2) is 14.2 Å². The number of β-lactam (4-membered cyclic amide) rings is 1. The first kappa shape index (κ1) is 22.5. The van der Waals surface area contributed by atoms with Gasteiger partial charge in [0.2, 0.25) is 11.1 Å². The molecule has 176 valence electrons. The molecular formula is C19H18N8O4S3. The van der Waals surface area contributed by atoms with Gasteiger partial charge in [0.25, 0.3) is 11.9 Å². The van der Waals surface area contributed by atoms with Crippen molar-refractivity contribution in [3.05, 3.63) is 52.1 Å². The Hall–Kier alpha value is -3.30. The Morgan fingerprint density at radius 2 is 2.18 bits per heavy atom. The largest absolute Gasteiger partial charge is 0.477 e. The number of rotatable bonds is 8. The topological polar surface area (TPSA) is 161 Å². The van der Waals surface area contributed by atoms with Crippen molar-refractivity contribution < 1.29 is 19.5 Å². The molecule has 0 radical (unpaired) electrons. The summed E-state index contributed by atoms with van der Waals surface area (Å²) in [4.78, 5) is 39.3. The molecule has 34 heavy (non-hydrogen) atoms. The highest BCUT2D eigenvalue weighted by Crippen LogP contribution is 2.41. The number of hydrogen-bond donors (Lipinski definition) is 3. The molecule has 1 fully saturated rings. The fraction of sp³-hybridized carbons (Fsp3) is 0.263. The van der Waals surface area contributed by atoms with Crippen LogP contribution >= 0.6 is 34.9 Å². The van der Waals surface area contributed by atoms with E-state index in [4.69, 9.17) is 5.84 Å². The second kappa shape index (κ2) is 9.15. The van der Waals surface area contributed by atoms with Crippen LogP contribution in [0, 0.1) is 0 Å². The number of hydrogen-bond acceptors (Lipinski definition) is 10. The molecule has 3 aromatic rings. The quantitative estimate of drug-likeness (QED) is 0.215. The number of nitrogens with two attached hydrogens (primary N) is 1.